The molecule has 1 heterocycles. The summed E-state index contributed by atoms with van der Waals surface area (Å²) in [6.45, 7) is 1.87. The lowest BCUT2D eigenvalue weighted by molar-refractivity contribution is -0.137. The van der Waals surface area contributed by atoms with Crippen molar-refractivity contribution in [1.29, 1.82) is 0 Å². The zero-order valence-corrected chi connectivity index (χ0v) is 12.9. The van der Waals surface area contributed by atoms with Crippen molar-refractivity contribution in [3.8, 4) is 0 Å². The maximum absolute atomic E-state index is 12.7. The van der Waals surface area contributed by atoms with Gasteiger partial charge in [0.15, 0.2) is 0 Å². The van der Waals surface area contributed by atoms with E-state index in [0.29, 0.717) is 16.5 Å². The minimum absolute atomic E-state index is 0.407. The van der Waals surface area contributed by atoms with Crippen LogP contribution in [0.3, 0.4) is 0 Å². The van der Waals surface area contributed by atoms with E-state index < -0.39 is 17.8 Å². The molecule has 0 saturated heterocycles. The molecule has 2 N–H and O–H groups in total. The fraction of sp³-hybridized carbons (Fsp3) is 0.308. The average molecular weight is 365 g/mol. The van der Waals surface area contributed by atoms with E-state index in [4.69, 9.17) is 5.73 Å². The van der Waals surface area contributed by atoms with Crippen LogP contribution < -0.4 is 5.73 Å². The Kier molecular flexibility index (Phi) is 4.51. The first-order valence-corrected chi connectivity index (χ1v) is 7.48. The van der Waals surface area contributed by atoms with Gasteiger partial charge in [-0.2, -0.15) is 13.2 Å². The molecule has 2 rings (SSSR count). The molecule has 20 heavy (non-hydrogen) atoms. The number of aryl methyl sites for hydroxylation is 1. The van der Waals surface area contributed by atoms with Crippen LogP contribution in [0.4, 0.5) is 13.2 Å². The number of rotatable bonds is 3. The van der Waals surface area contributed by atoms with Crippen molar-refractivity contribution in [1.82, 2.24) is 4.98 Å². The van der Waals surface area contributed by atoms with Gasteiger partial charge in [-0.3, -0.25) is 0 Å². The van der Waals surface area contributed by atoms with Crippen LogP contribution in [-0.2, 0) is 12.6 Å². The predicted octanol–water partition coefficient (Wildman–Crippen LogP) is 4.48. The van der Waals surface area contributed by atoms with Crippen molar-refractivity contribution in [3.05, 3.63) is 49.9 Å². The van der Waals surface area contributed by atoms with Crippen molar-refractivity contribution in [2.45, 2.75) is 25.6 Å². The third kappa shape index (κ3) is 3.59. The van der Waals surface area contributed by atoms with Crippen LogP contribution in [0.1, 0.15) is 27.9 Å². The molecule has 2 aromatic rings. The first-order chi connectivity index (χ1) is 9.27. The second-order valence-corrected chi connectivity index (χ2v) is 6.32. The van der Waals surface area contributed by atoms with Gasteiger partial charge >= 0.3 is 6.18 Å². The fourth-order valence-electron chi connectivity index (χ4n) is 1.84. The number of hydrogen-bond donors (Lipinski definition) is 1. The molecule has 0 aliphatic heterocycles. The number of thiazole rings is 1. The van der Waals surface area contributed by atoms with Crippen LogP contribution in [0.2, 0.25) is 0 Å². The molecule has 0 bridgehead atoms. The lowest BCUT2D eigenvalue weighted by Crippen LogP contribution is -2.16. The molecular formula is C13H12BrF3N2S. The minimum atomic E-state index is -4.37. The van der Waals surface area contributed by atoms with Crippen LogP contribution >= 0.6 is 27.3 Å². The first kappa shape index (κ1) is 15.5. The Morgan fingerprint density at radius 1 is 1.40 bits per heavy atom. The third-order valence-corrected chi connectivity index (χ3v) is 4.36. The summed E-state index contributed by atoms with van der Waals surface area (Å²) in [5.41, 5.74) is 6.55. The van der Waals surface area contributed by atoms with E-state index in [1.807, 2.05) is 12.3 Å². The molecule has 1 aromatic heterocycles. The zero-order chi connectivity index (χ0) is 14.9. The van der Waals surface area contributed by atoms with E-state index in [-0.39, 0.29) is 0 Å². The largest absolute Gasteiger partial charge is 0.416 e. The highest BCUT2D eigenvalue weighted by atomic mass is 79.9. The summed E-state index contributed by atoms with van der Waals surface area (Å²) in [7, 11) is 0. The number of aromatic nitrogens is 1. The summed E-state index contributed by atoms with van der Waals surface area (Å²) in [5, 5.41) is 2.78. The lowest BCUT2D eigenvalue weighted by atomic mass is 10.0. The maximum Gasteiger partial charge on any atom is 0.416 e. The Morgan fingerprint density at radius 3 is 2.65 bits per heavy atom. The van der Waals surface area contributed by atoms with Gasteiger partial charge in [0.05, 0.1) is 16.3 Å². The minimum Gasteiger partial charge on any atom is -0.324 e. The van der Waals surface area contributed by atoms with Crippen molar-refractivity contribution in [3.63, 3.8) is 0 Å². The van der Waals surface area contributed by atoms with E-state index in [1.165, 1.54) is 17.4 Å². The lowest BCUT2D eigenvalue weighted by Gasteiger charge is -2.15. The van der Waals surface area contributed by atoms with Crippen LogP contribution in [-0.4, -0.2) is 4.98 Å². The molecule has 108 valence electrons. The SMILES string of the molecule is Cc1nc(CC(N)c2cc(C(F)(F)F)ccc2Br)cs1. The van der Waals surface area contributed by atoms with E-state index in [0.717, 1.165) is 22.8 Å². The van der Waals surface area contributed by atoms with E-state index in [1.54, 1.807) is 0 Å². The number of nitrogens with two attached hydrogens (primary N) is 1. The molecule has 0 amide bonds. The Hall–Kier alpha value is -0.920. The molecular weight excluding hydrogens is 353 g/mol. The van der Waals surface area contributed by atoms with Gasteiger partial charge in [-0.05, 0) is 30.7 Å². The molecule has 0 radical (unpaired) electrons. The summed E-state index contributed by atoms with van der Waals surface area (Å²) in [6.07, 6.45) is -3.96. The molecule has 7 heteroatoms. The maximum atomic E-state index is 12.7. The molecule has 1 unspecified atom stereocenters. The highest BCUT2D eigenvalue weighted by Gasteiger charge is 2.31. The Labute approximate surface area is 127 Å². The number of hydrogen-bond acceptors (Lipinski definition) is 3. The molecule has 0 aliphatic carbocycles. The number of halogens is 4. The molecule has 0 spiro atoms. The molecule has 1 aromatic carbocycles. The highest BCUT2D eigenvalue weighted by molar-refractivity contribution is 9.10. The summed E-state index contributed by atoms with van der Waals surface area (Å²) >= 11 is 4.75. The number of benzene rings is 1. The normalized spacial score (nSPS) is 13.5. The summed E-state index contributed by atoms with van der Waals surface area (Å²) in [5.74, 6) is 0. The fourth-order valence-corrected chi connectivity index (χ4v) is 3.01. The van der Waals surface area contributed by atoms with Gasteiger partial charge in [0.1, 0.15) is 0 Å². The quantitative estimate of drug-likeness (QED) is 0.872. The summed E-state index contributed by atoms with van der Waals surface area (Å²) in [4.78, 5) is 4.28. The zero-order valence-electron chi connectivity index (χ0n) is 10.5. The standard InChI is InChI=1S/C13H12BrF3N2S/c1-7-19-9(6-20-7)5-12(18)10-4-8(13(15,16)17)2-3-11(10)14/h2-4,6,12H,5,18H2,1H3. The van der Waals surface area contributed by atoms with Crippen molar-refractivity contribution < 1.29 is 13.2 Å². The van der Waals surface area contributed by atoms with Crippen LogP contribution in [0.5, 0.6) is 0 Å². The smallest absolute Gasteiger partial charge is 0.324 e. The van der Waals surface area contributed by atoms with Gasteiger partial charge in [-0.25, -0.2) is 4.98 Å². The first-order valence-electron chi connectivity index (χ1n) is 5.80. The molecule has 1 atom stereocenters. The van der Waals surface area contributed by atoms with Crippen LogP contribution in [0.15, 0.2) is 28.1 Å². The Balaban J connectivity index is 2.27. The monoisotopic (exact) mass is 364 g/mol. The third-order valence-electron chi connectivity index (χ3n) is 2.82. The number of nitrogens with zero attached hydrogens (tertiary/aromatic N) is 1. The van der Waals surface area contributed by atoms with E-state index in [2.05, 4.69) is 20.9 Å². The summed E-state index contributed by atoms with van der Waals surface area (Å²) < 4.78 is 38.8. The van der Waals surface area contributed by atoms with Gasteiger partial charge in [-0.1, -0.05) is 15.9 Å². The molecule has 0 fully saturated rings. The van der Waals surface area contributed by atoms with E-state index >= 15 is 0 Å². The van der Waals surface area contributed by atoms with Gasteiger partial charge < -0.3 is 5.73 Å². The Bertz CT molecular complexity index is 610. The van der Waals surface area contributed by atoms with E-state index in [9.17, 15) is 13.2 Å². The second-order valence-electron chi connectivity index (χ2n) is 4.40. The van der Waals surface area contributed by atoms with Crippen molar-refractivity contribution in [2.24, 2.45) is 5.73 Å². The van der Waals surface area contributed by atoms with Crippen LogP contribution in [0, 0.1) is 6.92 Å². The molecule has 2 nitrogen and oxygen atoms in total. The molecule has 0 aliphatic rings. The van der Waals surface area contributed by atoms with Crippen molar-refractivity contribution >= 4 is 27.3 Å². The van der Waals surface area contributed by atoms with Crippen LogP contribution in [0.25, 0.3) is 0 Å². The topological polar surface area (TPSA) is 38.9 Å². The Morgan fingerprint density at radius 2 is 2.10 bits per heavy atom. The molecule has 0 saturated carbocycles. The van der Waals surface area contributed by atoms with Gasteiger partial charge in [0, 0.05) is 22.3 Å². The second kappa shape index (κ2) is 5.83. The van der Waals surface area contributed by atoms with Gasteiger partial charge in [-0.15, -0.1) is 11.3 Å². The van der Waals surface area contributed by atoms with Crippen molar-refractivity contribution in [2.75, 3.05) is 0 Å². The van der Waals surface area contributed by atoms with Gasteiger partial charge in [0.25, 0.3) is 0 Å². The highest BCUT2D eigenvalue weighted by Crippen LogP contribution is 2.34. The average Bonchev–Trinajstić information content (AvgIpc) is 2.73. The van der Waals surface area contributed by atoms with Gasteiger partial charge in [0.2, 0.25) is 0 Å². The summed E-state index contributed by atoms with van der Waals surface area (Å²) in [6, 6.07) is 2.97. The predicted molar refractivity (Wildman–Crippen MR) is 76.6 cm³/mol. The number of alkyl halides is 3.